The van der Waals surface area contributed by atoms with Gasteiger partial charge in [0.15, 0.2) is 6.29 Å². The zero-order chi connectivity index (χ0) is 20.2. The van der Waals surface area contributed by atoms with Crippen LogP contribution in [0.1, 0.15) is 95.5 Å². The fourth-order valence-corrected chi connectivity index (χ4v) is 3.80. The van der Waals surface area contributed by atoms with Crippen LogP contribution in [0, 0.1) is 0 Å². The van der Waals surface area contributed by atoms with E-state index in [4.69, 9.17) is 14.2 Å². The van der Waals surface area contributed by atoms with Gasteiger partial charge in [-0.15, -0.1) is 0 Å². The van der Waals surface area contributed by atoms with Gasteiger partial charge in [-0.3, -0.25) is 4.98 Å². The average molecular weight is 406 g/mol. The highest BCUT2D eigenvalue weighted by Crippen LogP contribution is 2.15. The van der Waals surface area contributed by atoms with Crippen LogP contribution in [0.25, 0.3) is 0 Å². The molecule has 1 aromatic heterocycles. The minimum absolute atomic E-state index is 0.0843. The van der Waals surface area contributed by atoms with Crippen molar-refractivity contribution >= 4 is 0 Å². The Morgan fingerprint density at radius 1 is 0.828 bits per heavy atom. The molecule has 4 heteroatoms. The number of aryl methyl sites for hydroxylation is 1. The molecule has 166 valence electrons. The first-order valence-electron chi connectivity index (χ1n) is 12.1. The quantitative estimate of drug-likeness (QED) is 0.262. The molecule has 1 unspecified atom stereocenters. The molecule has 1 aromatic rings. The lowest BCUT2D eigenvalue weighted by molar-refractivity contribution is -0.162. The summed E-state index contributed by atoms with van der Waals surface area (Å²) in [5.74, 6) is 0. The van der Waals surface area contributed by atoms with E-state index < -0.39 is 0 Å². The molecular formula is C25H43NO3. The Morgan fingerprint density at radius 2 is 1.52 bits per heavy atom. The first-order valence-corrected chi connectivity index (χ1v) is 12.1. The number of unbranched alkanes of at least 4 members (excludes halogenated alkanes) is 9. The van der Waals surface area contributed by atoms with Gasteiger partial charge in [-0.05, 0) is 56.6 Å². The Morgan fingerprint density at radius 3 is 2.17 bits per heavy atom. The number of aromatic nitrogens is 1. The molecule has 0 aromatic carbocycles. The van der Waals surface area contributed by atoms with E-state index in [1.54, 1.807) is 0 Å². The maximum atomic E-state index is 5.78. The third kappa shape index (κ3) is 13.8. The fraction of sp³-hybridized carbons (Fsp3) is 0.800. The van der Waals surface area contributed by atoms with Gasteiger partial charge in [0.05, 0.1) is 0 Å². The topological polar surface area (TPSA) is 40.6 Å². The Bertz CT molecular complexity index is 462. The van der Waals surface area contributed by atoms with Crippen molar-refractivity contribution < 1.29 is 14.2 Å². The lowest BCUT2D eigenvalue weighted by Crippen LogP contribution is -2.22. The van der Waals surface area contributed by atoms with Crippen molar-refractivity contribution in [3.8, 4) is 0 Å². The van der Waals surface area contributed by atoms with Crippen LogP contribution < -0.4 is 0 Å². The van der Waals surface area contributed by atoms with Crippen LogP contribution in [-0.2, 0) is 20.6 Å². The van der Waals surface area contributed by atoms with Gasteiger partial charge in [0.1, 0.15) is 0 Å². The van der Waals surface area contributed by atoms with Crippen LogP contribution in [0.4, 0.5) is 0 Å². The van der Waals surface area contributed by atoms with Crippen molar-refractivity contribution in [1.29, 1.82) is 0 Å². The maximum Gasteiger partial charge on any atom is 0.157 e. The summed E-state index contributed by atoms with van der Waals surface area (Å²) in [6, 6.07) is 4.13. The Labute approximate surface area is 178 Å². The second-order valence-corrected chi connectivity index (χ2v) is 8.28. The molecule has 1 fully saturated rings. The summed E-state index contributed by atoms with van der Waals surface area (Å²) in [5, 5.41) is 0. The Balaban J connectivity index is 1.21. The Hall–Kier alpha value is -0.970. The summed E-state index contributed by atoms with van der Waals surface area (Å²) in [5.41, 5.74) is 1.30. The van der Waals surface area contributed by atoms with Gasteiger partial charge in [0, 0.05) is 38.8 Å². The van der Waals surface area contributed by atoms with Crippen molar-refractivity contribution in [1.82, 2.24) is 4.98 Å². The van der Waals surface area contributed by atoms with Crippen molar-refractivity contribution in [3.63, 3.8) is 0 Å². The monoisotopic (exact) mass is 405 g/mol. The molecule has 4 nitrogen and oxygen atoms in total. The van der Waals surface area contributed by atoms with Crippen molar-refractivity contribution in [2.45, 2.75) is 103 Å². The van der Waals surface area contributed by atoms with Gasteiger partial charge >= 0.3 is 0 Å². The molecule has 0 N–H and O–H groups in total. The van der Waals surface area contributed by atoms with E-state index in [-0.39, 0.29) is 6.29 Å². The molecule has 0 spiro atoms. The van der Waals surface area contributed by atoms with E-state index in [9.17, 15) is 0 Å². The standard InChI is InChI=1S/C25H43NO3/c1(2-4-6-8-11-21-28-25-17-9-12-22-29-25)3-5-7-10-19-27-20-14-16-24-15-13-18-26-23-24/h13,15,18,23,25H,1-12,14,16-17,19-22H2. The summed E-state index contributed by atoms with van der Waals surface area (Å²) < 4.78 is 17.1. The van der Waals surface area contributed by atoms with E-state index in [0.29, 0.717) is 0 Å². The van der Waals surface area contributed by atoms with E-state index in [1.807, 2.05) is 18.5 Å². The van der Waals surface area contributed by atoms with Gasteiger partial charge in [0.25, 0.3) is 0 Å². The molecule has 2 rings (SSSR count). The molecule has 1 aliphatic rings. The summed E-state index contributed by atoms with van der Waals surface area (Å²) in [6.07, 6.45) is 22.8. The third-order valence-corrected chi connectivity index (χ3v) is 5.60. The van der Waals surface area contributed by atoms with Crippen LogP contribution in [0.3, 0.4) is 0 Å². The molecule has 2 heterocycles. The lowest BCUT2D eigenvalue weighted by atomic mass is 10.1. The van der Waals surface area contributed by atoms with Crippen LogP contribution >= 0.6 is 0 Å². The first kappa shape index (κ1) is 24.3. The van der Waals surface area contributed by atoms with Gasteiger partial charge in [-0.25, -0.2) is 0 Å². The van der Waals surface area contributed by atoms with Gasteiger partial charge in [-0.1, -0.05) is 57.4 Å². The van der Waals surface area contributed by atoms with E-state index in [2.05, 4.69) is 11.1 Å². The first-order chi connectivity index (χ1) is 14.4. The second-order valence-electron chi connectivity index (χ2n) is 8.28. The number of nitrogens with zero attached hydrogens (tertiary/aromatic N) is 1. The van der Waals surface area contributed by atoms with E-state index in [1.165, 1.54) is 82.6 Å². The minimum Gasteiger partial charge on any atom is -0.381 e. The average Bonchev–Trinajstić information content (AvgIpc) is 2.77. The van der Waals surface area contributed by atoms with Gasteiger partial charge in [0.2, 0.25) is 0 Å². The summed E-state index contributed by atoms with van der Waals surface area (Å²) in [4.78, 5) is 4.14. The van der Waals surface area contributed by atoms with Gasteiger partial charge in [-0.2, -0.15) is 0 Å². The second kappa shape index (κ2) is 17.9. The molecule has 1 atom stereocenters. The maximum absolute atomic E-state index is 5.78. The van der Waals surface area contributed by atoms with Crippen LogP contribution in [0.15, 0.2) is 24.5 Å². The smallest absolute Gasteiger partial charge is 0.157 e. The predicted molar refractivity (Wildman–Crippen MR) is 119 cm³/mol. The third-order valence-electron chi connectivity index (χ3n) is 5.60. The van der Waals surface area contributed by atoms with Crippen LogP contribution in [-0.4, -0.2) is 37.7 Å². The van der Waals surface area contributed by atoms with Crippen molar-refractivity contribution in [2.24, 2.45) is 0 Å². The molecule has 0 amide bonds. The minimum atomic E-state index is 0.0843. The molecule has 1 aliphatic heterocycles. The summed E-state index contributed by atoms with van der Waals surface area (Å²) in [7, 11) is 0. The molecule has 0 radical (unpaired) electrons. The zero-order valence-electron chi connectivity index (χ0n) is 18.5. The van der Waals surface area contributed by atoms with E-state index in [0.717, 1.165) is 45.7 Å². The van der Waals surface area contributed by atoms with Crippen molar-refractivity contribution in [3.05, 3.63) is 30.1 Å². The number of ether oxygens (including phenoxy) is 3. The summed E-state index contributed by atoms with van der Waals surface area (Å²) >= 11 is 0. The van der Waals surface area contributed by atoms with Crippen LogP contribution in [0.2, 0.25) is 0 Å². The number of hydrogen-bond acceptors (Lipinski definition) is 4. The van der Waals surface area contributed by atoms with Crippen LogP contribution in [0.5, 0.6) is 0 Å². The molecule has 29 heavy (non-hydrogen) atoms. The predicted octanol–water partition coefficient (Wildman–Crippen LogP) is 6.48. The highest BCUT2D eigenvalue weighted by Gasteiger charge is 2.13. The fourth-order valence-electron chi connectivity index (χ4n) is 3.80. The molecular weight excluding hydrogens is 362 g/mol. The number of pyridine rings is 1. The molecule has 0 saturated carbocycles. The Kier molecular flexibility index (Phi) is 15.0. The molecule has 0 aliphatic carbocycles. The lowest BCUT2D eigenvalue weighted by Gasteiger charge is -2.22. The molecule has 0 bridgehead atoms. The SMILES string of the molecule is c1cncc(CCCOCCCCCCCCCCCCOC2CCCCO2)c1. The van der Waals surface area contributed by atoms with Crippen molar-refractivity contribution in [2.75, 3.05) is 26.4 Å². The zero-order valence-corrected chi connectivity index (χ0v) is 18.5. The largest absolute Gasteiger partial charge is 0.381 e. The number of rotatable bonds is 18. The molecule has 1 saturated heterocycles. The van der Waals surface area contributed by atoms with Gasteiger partial charge < -0.3 is 14.2 Å². The van der Waals surface area contributed by atoms with E-state index >= 15 is 0 Å². The normalized spacial score (nSPS) is 16.9. The highest BCUT2D eigenvalue weighted by atomic mass is 16.7. The highest BCUT2D eigenvalue weighted by molar-refractivity contribution is 5.08. The summed E-state index contributed by atoms with van der Waals surface area (Å²) in [6.45, 7) is 3.54. The number of hydrogen-bond donors (Lipinski definition) is 0.